The van der Waals surface area contributed by atoms with Crippen molar-refractivity contribution >= 4 is 17.0 Å². The summed E-state index contributed by atoms with van der Waals surface area (Å²) in [6, 6.07) is 8.27. The predicted octanol–water partition coefficient (Wildman–Crippen LogP) is 2.90. The van der Waals surface area contributed by atoms with Crippen molar-refractivity contribution in [1.29, 1.82) is 0 Å². The Bertz CT molecular complexity index is 616. The lowest BCUT2D eigenvalue weighted by atomic mass is 10.2. The molecule has 1 N–H and O–H groups in total. The van der Waals surface area contributed by atoms with Crippen LogP contribution in [0.5, 0.6) is 0 Å². The molecule has 6 heteroatoms. The first-order valence-electron chi connectivity index (χ1n) is 5.94. The third kappa shape index (κ3) is 2.63. The predicted molar refractivity (Wildman–Crippen MR) is 75.5 cm³/mol. The number of nitrogens with zero attached hydrogens (tertiary/aromatic N) is 4. The molecule has 0 saturated carbocycles. The molecule has 3 rings (SSSR count). The summed E-state index contributed by atoms with van der Waals surface area (Å²) in [5.74, 6) is 0. The molecular formula is C13H13N5S. The first kappa shape index (κ1) is 11.9. The number of nitrogens with one attached hydrogen (secondary N) is 1. The highest BCUT2D eigenvalue weighted by Gasteiger charge is 2.06. The zero-order valence-corrected chi connectivity index (χ0v) is 11.2. The molecule has 0 fully saturated rings. The Morgan fingerprint density at radius 1 is 1.16 bits per heavy atom. The molecule has 0 bridgehead atoms. The molecule has 2 heterocycles. The lowest BCUT2D eigenvalue weighted by molar-refractivity contribution is 0.752. The van der Waals surface area contributed by atoms with Gasteiger partial charge in [0.15, 0.2) is 0 Å². The Labute approximate surface area is 114 Å². The normalized spacial score (nSPS) is 12.3. The first-order valence-corrected chi connectivity index (χ1v) is 6.82. The Balaban J connectivity index is 1.73. The van der Waals surface area contributed by atoms with Gasteiger partial charge >= 0.3 is 0 Å². The van der Waals surface area contributed by atoms with Crippen LogP contribution in [-0.4, -0.2) is 20.0 Å². The summed E-state index contributed by atoms with van der Waals surface area (Å²) >= 11 is 1.65. The monoisotopic (exact) mass is 271 g/mol. The van der Waals surface area contributed by atoms with Gasteiger partial charge in [-0.15, -0.1) is 11.3 Å². The van der Waals surface area contributed by atoms with Crippen LogP contribution in [0.3, 0.4) is 0 Å². The van der Waals surface area contributed by atoms with Crippen LogP contribution in [0.2, 0.25) is 0 Å². The second-order valence-electron chi connectivity index (χ2n) is 4.14. The summed E-state index contributed by atoms with van der Waals surface area (Å²) in [5, 5.41) is 11.6. The van der Waals surface area contributed by atoms with E-state index in [9.17, 15) is 0 Å². The fourth-order valence-corrected chi connectivity index (χ4v) is 2.43. The number of rotatable bonds is 4. The lowest BCUT2D eigenvalue weighted by Gasteiger charge is -2.13. The van der Waals surface area contributed by atoms with Crippen LogP contribution in [0.4, 0.5) is 5.69 Å². The SMILES string of the molecule is CC(Nc1ccc(-n2nccn2)cc1)c1cncs1. The Morgan fingerprint density at radius 3 is 2.53 bits per heavy atom. The molecule has 1 atom stereocenters. The zero-order valence-electron chi connectivity index (χ0n) is 10.4. The number of hydrogen-bond donors (Lipinski definition) is 1. The summed E-state index contributed by atoms with van der Waals surface area (Å²) in [6.07, 6.45) is 5.22. The van der Waals surface area contributed by atoms with Crippen LogP contribution < -0.4 is 5.32 Å². The maximum absolute atomic E-state index is 4.10. The summed E-state index contributed by atoms with van der Waals surface area (Å²) in [4.78, 5) is 6.91. The summed E-state index contributed by atoms with van der Waals surface area (Å²) < 4.78 is 0. The molecule has 0 amide bonds. The Hall–Kier alpha value is -2.21. The van der Waals surface area contributed by atoms with E-state index in [0.717, 1.165) is 11.4 Å². The van der Waals surface area contributed by atoms with E-state index in [1.807, 2.05) is 36.0 Å². The second kappa shape index (κ2) is 5.19. The van der Waals surface area contributed by atoms with E-state index < -0.39 is 0 Å². The fraction of sp³-hybridized carbons (Fsp3) is 0.154. The molecule has 0 saturated heterocycles. The number of thiazole rings is 1. The number of benzene rings is 1. The van der Waals surface area contributed by atoms with Gasteiger partial charge in [0.2, 0.25) is 0 Å². The van der Waals surface area contributed by atoms with Gasteiger partial charge in [-0.25, -0.2) is 0 Å². The minimum atomic E-state index is 0.251. The molecule has 1 unspecified atom stereocenters. The molecule has 3 aromatic rings. The van der Waals surface area contributed by atoms with Crippen LogP contribution in [0.25, 0.3) is 5.69 Å². The average molecular weight is 271 g/mol. The average Bonchev–Trinajstić information content (AvgIpc) is 3.13. The molecule has 0 aliphatic rings. The van der Waals surface area contributed by atoms with Gasteiger partial charge in [-0.2, -0.15) is 15.0 Å². The second-order valence-corrected chi connectivity index (χ2v) is 5.05. The van der Waals surface area contributed by atoms with Crippen LogP contribution in [0.15, 0.2) is 48.4 Å². The quantitative estimate of drug-likeness (QED) is 0.792. The fourth-order valence-electron chi connectivity index (χ4n) is 1.80. The van der Waals surface area contributed by atoms with E-state index >= 15 is 0 Å². The van der Waals surface area contributed by atoms with Gasteiger partial charge in [0.25, 0.3) is 0 Å². The zero-order chi connectivity index (χ0) is 13.1. The van der Waals surface area contributed by atoms with Gasteiger partial charge in [-0.3, -0.25) is 4.98 Å². The summed E-state index contributed by atoms with van der Waals surface area (Å²) in [5.41, 5.74) is 3.86. The molecule has 2 aromatic heterocycles. The van der Waals surface area contributed by atoms with Crippen molar-refractivity contribution in [2.75, 3.05) is 5.32 Å². The van der Waals surface area contributed by atoms with Crippen LogP contribution in [-0.2, 0) is 0 Å². The Kier molecular flexibility index (Phi) is 3.24. The summed E-state index contributed by atoms with van der Waals surface area (Å²) in [6.45, 7) is 2.12. The number of hydrogen-bond acceptors (Lipinski definition) is 5. The Morgan fingerprint density at radius 2 is 1.89 bits per heavy atom. The van der Waals surface area contributed by atoms with E-state index in [2.05, 4.69) is 27.4 Å². The number of anilines is 1. The van der Waals surface area contributed by atoms with Crippen molar-refractivity contribution < 1.29 is 0 Å². The molecule has 96 valence electrons. The standard InChI is InChI=1S/C13H13N5S/c1-10(13-8-14-9-19-13)17-11-2-4-12(5-3-11)18-15-6-7-16-18/h2-10,17H,1H3. The van der Waals surface area contributed by atoms with E-state index in [-0.39, 0.29) is 6.04 Å². The molecule has 0 radical (unpaired) electrons. The van der Waals surface area contributed by atoms with Gasteiger partial charge < -0.3 is 5.32 Å². The van der Waals surface area contributed by atoms with Crippen molar-refractivity contribution in [2.24, 2.45) is 0 Å². The van der Waals surface area contributed by atoms with Crippen LogP contribution >= 0.6 is 11.3 Å². The highest BCUT2D eigenvalue weighted by molar-refractivity contribution is 7.09. The molecule has 0 aliphatic carbocycles. The van der Waals surface area contributed by atoms with Gasteiger partial charge in [0.1, 0.15) is 0 Å². The number of aromatic nitrogens is 4. The van der Waals surface area contributed by atoms with Gasteiger partial charge in [-0.05, 0) is 31.2 Å². The lowest BCUT2D eigenvalue weighted by Crippen LogP contribution is -2.05. The molecule has 0 spiro atoms. The van der Waals surface area contributed by atoms with Crippen LogP contribution in [0, 0.1) is 0 Å². The summed E-state index contributed by atoms with van der Waals surface area (Å²) in [7, 11) is 0. The van der Waals surface area contributed by atoms with Crippen molar-refractivity contribution in [3.05, 3.63) is 53.2 Å². The van der Waals surface area contributed by atoms with Crippen molar-refractivity contribution in [1.82, 2.24) is 20.0 Å². The van der Waals surface area contributed by atoms with E-state index in [1.165, 1.54) is 4.88 Å². The topological polar surface area (TPSA) is 55.6 Å². The first-order chi connectivity index (χ1) is 9.33. The molecule has 0 aliphatic heterocycles. The maximum Gasteiger partial charge on any atom is 0.0858 e. The van der Waals surface area contributed by atoms with E-state index in [4.69, 9.17) is 0 Å². The highest BCUT2D eigenvalue weighted by Crippen LogP contribution is 2.22. The molecule has 1 aromatic carbocycles. The third-order valence-corrected chi connectivity index (χ3v) is 3.74. The van der Waals surface area contributed by atoms with E-state index in [1.54, 1.807) is 28.5 Å². The molecular weight excluding hydrogens is 258 g/mol. The molecule has 5 nitrogen and oxygen atoms in total. The highest BCUT2D eigenvalue weighted by atomic mass is 32.1. The van der Waals surface area contributed by atoms with Gasteiger partial charge in [-0.1, -0.05) is 0 Å². The van der Waals surface area contributed by atoms with Crippen molar-refractivity contribution in [3.63, 3.8) is 0 Å². The maximum atomic E-state index is 4.10. The minimum Gasteiger partial charge on any atom is -0.378 e. The van der Waals surface area contributed by atoms with Crippen molar-refractivity contribution in [2.45, 2.75) is 13.0 Å². The van der Waals surface area contributed by atoms with Crippen molar-refractivity contribution in [3.8, 4) is 5.69 Å². The van der Waals surface area contributed by atoms with Crippen LogP contribution in [0.1, 0.15) is 17.8 Å². The van der Waals surface area contributed by atoms with Gasteiger partial charge in [0.05, 0.1) is 29.6 Å². The molecule has 19 heavy (non-hydrogen) atoms. The largest absolute Gasteiger partial charge is 0.378 e. The van der Waals surface area contributed by atoms with Gasteiger partial charge in [0, 0.05) is 16.8 Å². The minimum absolute atomic E-state index is 0.251. The van der Waals surface area contributed by atoms with E-state index in [0.29, 0.717) is 0 Å². The third-order valence-electron chi connectivity index (χ3n) is 2.78. The smallest absolute Gasteiger partial charge is 0.0858 e.